The third kappa shape index (κ3) is 4.51. The minimum Gasteiger partial charge on any atom is -0.488 e. The second-order valence-electron chi connectivity index (χ2n) is 6.44. The van der Waals surface area contributed by atoms with Crippen LogP contribution in [-0.2, 0) is 14.3 Å². The van der Waals surface area contributed by atoms with Crippen LogP contribution in [0.1, 0.15) is 29.6 Å². The van der Waals surface area contributed by atoms with Crippen molar-refractivity contribution in [3.8, 4) is 5.75 Å². The summed E-state index contributed by atoms with van der Waals surface area (Å²) in [4.78, 5) is 36.3. The molecule has 140 valence electrons. The van der Waals surface area contributed by atoms with Gasteiger partial charge in [0, 0.05) is 19.4 Å². The number of hydrogen-bond acceptors (Lipinski definition) is 5. The van der Waals surface area contributed by atoms with Crippen LogP contribution in [0, 0.1) is 0 Å². The molecule has 0 spiro atoms. The van der Waals surface area contributed by atoms with Crippen LogP contribution in [0.15, 0.2) is 24.3 Å². The summed E-state index contributed by atoms with van der Waals surface area (Å²) in [5, 5.41) is 11.8. The van der Waals surface area contributed by atoms with Gasteiger partial charge in [-0.25, -0.2) is 4.79 Å². The Morgan fingerprint density at radius 2 is 2.08 bits per heavy atom. The van der Waals surface area contributed by atoms with Crippen molar-refractivity contribution in [2.45, 2.75) is 31.4 Å². The van der Waals surface area contributed by atoms with Crippen molar-refractivity contribution in [3.05, 3.63) is 29.8 Å². The number of carboxylic acid groups (broad SMARTS) is 1. The van der Waals surface area contributed by atoms with Gasteiger partial charge in [0.1, 0.15) is 11.9 Å². The summed E-state index contributed by atoms with van der Waals surface area (Å²) in [6, 6.07) is 5.82. The van der Waals surface area contributed by atoms with Crippen molar-refractivity contribution in [2.75, 3.05) is 26.3 Å². The second kappa shape index (κ2) is 8.18. The molecule has 2 saturated heterocycles. The fourth-order valence-electron chi connectivity index (χ4n) is 3.14. The summed E-state index contributed by atoms with van der Waals surface area (Å²) in [7, 11) is 0. The number of carbonyl (C=O) groups is 3. The van der Waals surface area contributed by atoms with Gasteiger partial charge in [-0.2, -0.15) is 0 Å². The lowest BCUT2D eigenvalue weighted by molar-refractivity contribution is -0.134. The summed E-state index contributed by atoms with van der Waals surface area (Å²) in [5.41, 5.74) is 0.185. The van der Waals surface area contributed by atoms with Crippen molar-refractivity contribution >= 4 is 17.8 Å². The summed E-state index contributed by atoms with van der Waals surface area (Å²) in [6.45, 7) is 1.52. The molecule has 2 fully saturated rings. The molecule has 3 rings (SSSR count). The third-order valence-corrected chi connectivity index (χ3v) is 4.53. The van der Waals surface area contributed by atoms with Gasteiger partial charge in [-0.3, -0.25) is 9.59 Å². The second-order valence-corrected chi connectivity index (χ2v) is 6.44. The predicted octanol–water partition coefficient (Wildman–Crippen LogP) is 0.660. The first-order chi connectivity index (χ1) is 12.5. The van der Waals surface area contributed by atoms with Gasteiger partial charge in [-0.15, -0.1) is 0 Å². The third-order valence-electron chi connectivity index (χ3n) is 4.53. The molecule has 26 heavy (non-hydrogen) atoms. The van der Waals surface area contributed by atoms with Gasteiger partial charge in [0.15, 0.2) is 0 Å². The first-order valence-corrected chi connectivity index (χ1v) is 8.68. The summed E-state index contributed by atoms with van der Waals surface area (Å²) in [6.07, 6.45) is 1.61. The van der Waals surface area contributed by atoms with Gasteiger partial charge in [-0.1, -0.05) is 0 Å². The van der Waals surface area contributed by atoms with E-state index in [2.05, 4.69) is 5.32 Å². The van der Waals surface area contributed by atoms with Crippen molar-refractivity contribution in [1.82, 2.24) is 10.2 Å². The number of amides is 2. The zero-order valence-corrected chi connectivity index (χ0v) is 14.3. The van der Waals surface area contributed by atoms with E-state index in [1.165, 1.54) is 12.1 Å². The quantitative estimate of drug-likeness (QED) is 0.770. The predicted molar refractivity (Wildman–Crippen MR) is 91.0 cm³/mol. The van der Waals surface area contributed by atoms with Crippen LogP contribution in [-0.4, -0.2) is 66.2 Å². The molecule has 0 aliphatic carbocycles. The van der Waals surface area contributed by atoms with Gasteiger partial charge in [-0.05, 0) is 30.7 Å². The van der Waals surface area contributed by atoms with Gasteiger partial charge in [0.2, 0.25) is 11.8 Å². The summed E-state index contributed by atoms with van der Waals surface area (Å²) < 4.78 is 11.4. The maximum Gasteiger partial charge on any atom is 0.335 e. The largest absolute Gasteiger partial charge is 0.488 e. The van der Waals surface area contributed by atoms with Crippen LogP contribution in [0.4, 0.5) is 0 Å². The van der Waals surface area contributed by atoms with Gasteiger partial charge in [0.05, 0.1) is 31.4 Å². The Labute approximate surface area is 151 Å². The molecule has 0 radical (unpaired) electrons. The fourth-order valence-corrected chi connectivity index (χ4v) is 3.14. The molecule has 0 bridgehead atoms. The number of nitrogens with zero attached hydrogens (tertiary/aromatic N) is 1. The molecular weight excluding hydrogens is 340 g/mol. The Kier molecular flexibility index (Phi) is 5.72. The van der Waals surface area contributed by atoms with Crippen LogP contribution in [0.3, 0.4) is 0 Å². The van der Waals surface area contributed by atoms with E-state index in [1.54, 1.807) is 17.0 Å². The highest BCUT2D eigenvalue weighted by molar-refractivity contribution is 5.87. The number of aromatic carboxylic acids is 1. The standard InChI is InChI=1S/C18H22N2O6/c21-16(10-20-8-1-2-17(20)22)19-14-11-25-9-7-15(14)26-13-5-3-12(4-6-13)18(23)24/h3-6,14-15H,1-2,7-11H2,(H,19,21)(H,23,24)/t14-,15-/m1/s1. The molecule has 2 aliphatic rings. The minimum absolute atomic E-state index is 0.00589. The molecule has 2 N–H and O–H groups in total. The highest BCUT2D eigenvalue weighted by atomic mass is 16.5. The number of carboxylic acids is 1. The Hall–Kier alpha value is -2.61. The molecule has 2 aliphatic heterocycles. The molecule has 2 amide bonds. The number of carbonyl (C=O) groups excluding carboxylic acids is 2. The first kappa shape index (κ1) is 18.2. The Bertz CT molecular complexity index is 675. The number of hydrogen-bond donors (Lipinski definition) is 2. The van der Waals surface area contributed by atoms with Crippen LogP contribution >= 0.6 is 0 Å². The molecule has 1 aromatic rings. The van der Waals surface area contributed by atoms with Gasteiger partial charge in [0.25, 0.3) is 0 Å². The lowest BCUT2D eigenvalue weighted by atomic mass is 10.1. The summed E-state index contributed by atoms with van der Waals surface area (Å²) >= 11 is 0. The first-order valence-electron chi connectivity index (χ1n) is 8.68. The SMILES string of the molecule is O=C(CN1CCCC1=O)N[C@@H]1COCC[C@H]1Oc1ccc(C(=O)O)cc1. The van der Waals surface area contributed by atoms with Gasteiger partial charge >= 0.3 is 5.97 Å². The van der Waals surface area contributed by atoms with E-state index < -0.39 is 5.97 Å². The van der Waals surface area contributed by atoms with Crippen molar-refractivity contribution in [3.63, 3.8) is 0 Å². The van der Waals surface area contributed by atoms with E-state index >= 15 is 0 Å². The number of ether oxygens (including phenoxy) is 2. The van der Waals surface area contributed by atoms with E-state index in [0.29, 0.717) is 38.3 Å². The molecule has 2 heterocycles. The van der Waals surface area contributed by atoms with Crippen LogP contribution in [0.25, 0.3) is 0 Å². The van der Waals surface area contributed by atoms with Crippen molar-refractivity contribution in [2.24, 2.45) is 0 Å². The molecule has 0 aromatic heterocycles. The molecule has 8 heteroatoms. The molecule has 0 unspecified atom stereocenters. The number of rotatable bonds is 6. The lowest BCUT2D eigenvalue weighted by Gasteiger charge is -2.32. The van der Waals surface area contributed by atoms with Crippen molar-refractivity contribution < 1.29 is 29.0 Å². The molecule has 1 aromatic carbocycles. The smallest absolute Gasteiger partial charge is 0.335 e. The highest BCUT2D eigenvalue weighted by Gasteiger charge is 2.30. The van der Waals surface area contributed by atoms with E-state index in [0.717, 1.165) is 6.42 Å². The summed E-state index contributed by atoms with van der Waals surface area (Å²) in [5.74, 6) is -0.683. The highest BCUT2D eigenvalue weighted by Crippen LogP contribution is 2.19. The normalized spacial score (nSPS) is 22.9. The zero-order valence-electron chi connectivity index (χ0n) is 14.3. The molecular formula is C18H22N2O6. The number of benzene rings is 1. The Morgan fingerprint density at radius 1 is 1.31 bits per heavy atom. The number of nitrogens with one attached hydrogen (secondary N) is 1. The molecule has 8 nitrogen and oxygen atoms in total. The fraction of sp³-hybridized carbons (Fsp3) is 0.500. The van der Waals surface area contributed by atoms with E-state index in [1.807, 2.05) is 0 Å². The lowest BCUT2D eigenvalue weighted by Crippen LogP contribution is -2.53. The number of likely N-dealkylation sites (tertiary alicyclic amines) is 1. The molecule has 2 atom stereocenters. The Balaban J connectivity index is 1.57. The average Bonchev–Trinajstić information content (AvgIpc) is 3.02. The van der Waals surface area contributed by atoms with Crippen molar-refractivity contribution in [1.29, 1.82) is 0 Å². The van der Waals surface area contributed by atoms with E-state index in [-0.39, 0.29) is 36.1 Å². The van der Waals surface area contributed by atoms with Crippen LogP contribution in [0.2, 0.25) is 0 Å². The minimum atomic E-state index is -0.996. The van der Waals surface area contributed by atoms with Crippen LogP contribution in [0.5, 0.6) is 5.75 Å². The zero-order chi connectivity index (χ0) is 18.5. The average molecular weight is 362 g/mol. The Morgan fingerprint density at radius 3 is 2.73 bits per heavy atom. The van der Waals surface area contributed by atoms with Gasteiger partial charge < -0.3 is 24.8 Å². The maximum absolute atomic E-state index is 12.2. The maximum atomic E-state index is 12.2. The monoisotopic (exact) mass is 362 g/mol. The van der Waals surface area contributed by atoms with Crippen LogP contribution < -0.4 is 10.1 Å². The van der Waals surface area contributed by atoms with E-state index in [4.69, 9.17) is 14.6 Å². The molecule has 0 saturated carbocycles. The van der Waals surface area contributed by atoms with E-state index in [9.17, 15) is 14.4 Å². The topological polar surface area (TPSA) is 105 Å².